The highest BCUT2D eigenvalue weighted by Gasteiger charge is 2.20. The normalized spacial score (nSPS) is 19.1. The summed E-state index contributed by atoms with van der Waals surface area (Å²) in [6.45, 7) is 8.15. The van der Waals surface area contributed by atoms with Gasteiger partial charge >= 0.3 is 5.69 Å². The van der Waals surface area contributed by atoms with E-state index in [1.807, 2.05) is 6.07 Å². The Morgan fingerprint density at radius 1 is 1.63 bits per heavy atom. The smallest absolute Gasteiger partial charge is 0.351 e. The van der Waals surface area contributed by atoms with Crippen LogP contribution in [0.3, 0.4) is 0 Å². The van der Waals surface area contributed by atoms with Gasteiger partial charge in [0.05, 0.1) is 5.94 Å². The van der Waals surface area contributed by atoms with Crippen LogP contribution in [0.15, 0.2) is 17.1 Å². The summed E-state index contributed by atoms with van der Waals surface area (Å²) in [5.74, 6) is 2.75. The molecule has 0 amide bonds. The van der Waals surface area contributed by atoms with Gasteiger partial charge in [0, 0.05) is 25.0 Å². The molecule has 19 heavy (non-hydrogen) atoms. The first kappa shape index (κ1) is 14.4. The fourth-order valence-electron chi connectivity index (χ4n) is 2.11. The summed E-state index contributed by atoms with van der Waals surface area (Å²) >= 11 is 1.69. The first-order valence-electron chi connectivity index (χ1n) is 6.65. The quantitative estimate of drug-likeness (QED) is 0.826. The van der Waals surface area contributed by atoms with Crippen molar-refractivity contribution in [3.8, 4) is 0 Å². The fourth-order valence-corrected chi connectivity index (χ4v) is 2.92. The largest absolute Gasteiger partial charge is 0.356 e. The van der Waals surface area contributed by atoms with E-state index in [0.717, 1.165) is 24.7 Å². The van der Waals surface area contributed by atoms with E-state index in [4.69, 9.17) is 4.74 Å². The minimum atomic E-state index is -0.229. The summed E-state index contributed by atoms with van der Waals surface area (Å²) in [6.07, 6.45) is 1.63. The number of hydrogen-bond donors (Lipinski definition) is 0. The van der Waals surface area contributed by atoms with Crippen molar-refractivity contribution in [1.29, 1.82) is 0 Å². The summed E-state index contributed by atoms with van der Waals surface area (Å²) in [7, 11) is 0. The molecule has 0 bridgehead atoms. The SMILES string of the molecule is CCN(CC(C)C)c1ccn([C@@H]2CSCO2)c(=O)n1. The Balaban J connectivity index is 2.19. The Morgan fingerprint density at radius 2 is 2.42 bits per heavy atom. The predicted molar refractivity (Wildman–Crippen MR) is 78.7 cm³/mol. The van der Waals surface area contributed by atoms with Crippen molar-refractivity contribution in [3.05, 3.63) is 22.7 Å². The third-order valence-electron chi connectivity index (χ3n) is 3.02. The van der Waals surface area contributed by atoms with Crippen LogP contribution in [0.25, 0.3) is 0 Å². The molecule has 1 aliphatic heterocycles. The molecule has 1 saturated heterocycles. The third-order valence-corrected chi connectivity index (χ3v) is 3.84. The minimum absolute atomic E-state index is 0.167. The van der Waals surface area contributed by atoms with Crippen LogP contribution in [0.1, 0.15) is 27.0 Å². The van der Waals surface area contributed by atoms with Gasteiger partial charge in [0.1, 0.15) is 12.0 Å². The lowest BCUT2D eigenvalue weighted by molar-refractivity contribution is 0.0639. The lowest BCUT2D eigenvalue weighted by Gasteiger charge is -2.24. The summed E-state index contributed by atoms with van der Waals surface area (Å²) in [5, 5.41) is 0. The molecular formula is C13H21N3O2S. The minimum Gasteiger partial charge on any atom is -0.356 e. The van der Waals surface area contributed by atoms with Gasteiger partial charge in [-0.15, -0.1) is 11.8 Å². The highest BCUT2D eigenvalue weighted by Crippen LogP contribution is 2.23. The van der Waals surface area contributed by atoms with Gasteiger partial charge < -0.3 is 9.64 Å². The summed E-state index contributed by atoms with van der Waals surface area (Å²) in [5.41, 5.74) is -0.229. The molecule has 0 aliphatic carbocycles. The second kappa shape index (κ2) is 6.43. The van der Waals surface area contributed by atoms with Crippen molar-refractivity contribution in [1.82, 2.24) is 9.55 Å². The summed E-state index contributed by atoms with van der Waals surface area (Å²) in [6, 6.07) is 1.90. The molecule has 5 nitrogen and oxygen atoms in total. The first-order valence-corrected chi connectivity index (χ1v) is 7.80. The molecule has 0 saturated carbocycles. The van der Waals surface area contributed by atoms with Crippen LogP contribution in [0.2, 0.25) is 0 Å². The first-order chi connectivity index (χ1) is 9.11. The van der Waals surface area contributed by atoms with Crippen LogP contribution in [-0.2, 0) is 4.74 Å². The van der Waals surface area contributed by atoms with Crippen LogP contribution < -0.4 is 10.6 Å². The van der Waals surface area contributed by atoms with E-state index in [2.05, 4.69) is 30.7 Å². The molecule has 106 valence electrons. The van der Waals surface area contributed by atoms with E-state index in [1.165, 1.54) is 0 Å². The molecule has 0 unspecified atom stereocenters. The summed E-state index contributed by atoms with van der Waals surface area (Å²) in [4.78, 5) is 18.4. The van der Waals surface area contributed by atoms with Crippen LogP contribution >= 0.6 is 11.8 Å². The van der Waals surface area contributed by atoms with Gasteiger partial charge in [-0.25, -0.2) is 4.79 Å². The van der Waals surface area contributed by atoms with Crippen LogP contribution in [-0.4, -0.2) is 34.3 Å². The molecule has 1 aromatic rings. The zero-order chi connectivity index (χ0) is 13.8. The van der Waals surface area contributed by atoms with Gasteiger partial charge in [-0.2, -0.15) is 4.98 Å². The number of thioether (sulfide) groups is 1. The molecule has 1 aromatic heterocycles. The average molecular weight is 283 g/mol. The van der Waals surface area contributed by atoms with E-state index in [-0.39, 0.29) is 11.9 Å². The zero-order valence-corrected chi connectivity index (χ0v) is 12.5. The molecule has 0 radical (unpaired) electrons. The Kier molecular flexibility index (Phi) is 4.87. The highest BCUT2D eigenvalue weighted by atomic mass is 32.2. The summed E-state index contributed by atoms with van der Waals surface area (Å²) < 4.78 is 7.06. The van der Waals surface area contributed by atoms with Crippen molar-refractivity contribution in [2.24, 2.45) is 5.92 Å². The van der Waals surface area contributed by atoms with E-state index in [9.17, 15) is 4.79 Å². The van der Waals surface area contributed by atoms with Crippen LogP contribution in [0.5, 0.6) is 0 Å². The van der Waals surface area contributed by atoms with Crippen molar-refractivity contribution in [3.63, 3.8) is 0 Å². The molecule has 1 aliphatic rings. The van der Waals surface area contributed by atoms with Gasteiger partial charge in [0.15, 0.2) is 0 Å². The van der Waals surface area contributed by atoms with Gasteiger partial charge in [-0.3, -0.25) is 4.57 Å². The Labute approximate surface area is 118 Å². The number of nitrogens with zero attached hydrogens (tertiary/aromatic N) is 3. The number of aromatic nitrogens is 2. The maximum absolute atomic E-state index is 12.1. The fraction of sp³-hybridized carbons (Fsp3) is 0.692. The van der Waals surface area contributed by atoms with Gasteiger partial charge in [-0.1, -0.05) is 13.8 Å². The monoisotopic (exact) mass is 283 g/mol. The number of anilines is 1. The molecule has 1 fully saturated rings. The van der Waals surface area contributed by atoms with E-state index in [0.29, 0.717) is 11.9 Å². The average Bonchev–Trinajstić information content (AvgIpc) is 2.89. The van der Waals surface area contributed by atoms with Crippen molar-refractivity contribution >= 4 is 17.6 Å². The molecule has 2 rings (SSSR count). The van der Waals surface area contributed by atoms with Gasteiger partial charge in [0.2, 0.25) is 0 Å². The Hall–Kier alpha value is -1.01. The topological polar surface area (TPSA) is 47.4 Å². The van der Waals surface area contributed by atoms with Gasteiger partial charge in [-0.05, 0) is 18.9 Å². The lowest BCUT2D eigenvalue weighted by atomic mass is 10.2. The maximum Gasteiger partial charge on any atom is 0.351 e. The van der Waals surface area contributed by atoms with Gasteiger partial charge in [0.25, 0.3) is 0 Å². The molecule has 0 aromatic carbocycles. The number of ether oxygens (including phenoxy) is 1. The highest BCUT2D eigenvalue weighted by molar-refractivity contribution is 7.99. The molecule has 0 N–H and O–H groups in total. The molecule has 2 heterocycles. The third kappa shape index (κ3) is 3.51. The van der Waals surface area contributed by atoms with Crippen molar-refractivity contribution < 1.29 is 4.74 Å². The molecule has 1 atom stereocenters. The lowest BCUT2D eigenvalue weighted by Crippen LogP contribution is -2.33. The van der Waals surface area contributed by atoms with Crippen molar-refractivity contribution in [2.45, 2.75) is 27.0 Å². The van der Waals surface area contributed by atoms with Crippen molar-refractivity contribution in [2.75, 3.05) is 29.7 Å². The molecular weight excluding hydrogens is 262 g/mol. The standard InChI is InChI=1S/C13H21N3O2S/c1-4-15(7-10(2)3)11-5-6-16(13(17)14-11)12-8-19-9-18-12/h5-6,10,12H,4,7-9H2,1-3H3/t12-/m0/s1. The maximum atomic E-state index is 12.1. The predicted octanol–water partition coefficient (Wildman–Crippen LogP) is 1.95. The van der Waals surface area contributed by atoms with E-state index >= 15 is 0 Å². The number of rotatable bonds is 5. The second-order valence-electron chi connectivity index (χ2n) is 5.02. The van der Waals surface area contributed by atoms with Crippen LogP contribution in [0.4, 0.5) is 5.82 Å². The Morgan fingerprint density at radius 3 is 2.95 bits per heavy atom. The molecule has 0 spiro atoms. The Bertz CT molecular complexity index is 469. The zero-order valence-electron chi connectivity index (χ0n) is 11.7. The second-order valence-corrected chi connectivity index (χ2v) is 6.00. The molecule has 6 heteroatoms. The van der Waals surface area contributed by atoms with E-state index < -0.39 is 0 Å². The van der Waals surface area contributed by atoms with E-state index in [1.54, 1.807) is 22.5 Å². The number of hydrogen-bond acceptors (Lipinski definition) is 5. The van der Waals surface area contributed by atoms with Crippen LogP contribution in [0, 0.1) is 5.92 Å².